The topological polar surface area (TPSA) is 84.4 Å². The SMILES string of the molecule is CCOC(=O)N1CCC(NC(=O)c2nc(C)nc3ccccc23)CC1. The third-order valence-corrected chi connectivity index (χ3v) is 4.29. The minimum atomic E-state index is -0.287. The van der Waals surface area contributed by atoms with Crippen molar-refractivity contribution in [2.24, 2.45) is 0 Å². The highest BCUT2D eigenvalue weighted by Crippen LogP contribution is 2.17. The lowest BCUT2D eigenvalue weighted by Gasteiger charge is -2.31. The van der Waals surface area contributed by atoms with Crippen LogP contribution in [-0.4, -0.2) is 52.6 Å². The maximum Gasteiger partial charge on any atom is 0.409 e. The van der Waals surface area contributed by atoms with Crippen molar-refractivity contribution < 1.29 is 14.3 Å². The van der Waals surface area contributed by atoms with E-state index < -0.39 is 0 Å². The molecule has 2 aromatic rings. The van der Waals surface area contributed by atoms with Gasteiger partial charge >= 0.3 is 6.09 Å². The Kier molecular flexibility index (Phi) is 5.11. The number of amides is 2. The zero-order valence-corrected chi connectivity index (χ0v) is 14.5. The summed E-state index contributed by atoms with van der Waals surface area (Å²) in [5, 5.41) is 3.78. The first kappa shape index (κ1) is 17.1. The number of hydrogen-bond acceptors (Lipinski definition) is 5. The van der Waals surface area contributed by atoms with Gasteiger partial charge in [0.25, 0.3) is 5.91 Å². The fourth-order valence-electron chi connectivity index (χ4n) is 3.04. The highest BCUT2D eigenvalue weighted by atomic mass is 16.6. The van der Waals surface area contributed by atoms with Gasteiger partial charge in [0.05, 0.1) is 12.1 Å². The molecule has 0 atom stereocenters. The first-order chi connectivity index (χ1) is 12.1. The summed E-state index contributed by atoms with van der Waals surface area (Å²) in [6.07, 6.45) is 1.11. The zero-order valence-electron chi connectivity index (χ0n) is 14.5. The maximum atomic E-state index is 12.7. The highest BCUT2D eigenvalue weighted by Gasteiger charge is 2.25. The van der Waals surface area contributed by atoms with Crippen LogP contribution in [0.1, 0.15) is 36.1 Å². The quantitative estimate of drug-likeness (QED) is 0.925. The molecular formula is C18H22N4O3. The van der Waals surface area contributed by atoms with Crippen LogP contribution in [0.25, 0.3) is 10.9 Å². The van der Waals surface area contributed by atoms with Gasteiger partial charge in [0.2, 0.25) is 0 Å². The van der Waals surface area contributed by atoms with Crippen LogP contribution in [0.15, 0.2) is 24.3 Å². The molecule has 7 heteroatoms. The van der Waals surface area contributed by atoms with Crippen molar-refractivity contribution in [3.05, 3.63) is 35.8 Å². The summed E-state index contributed by atoms with van der Waals surface area (Å²) in [6, 6.07) is 7.51. The van der Waals surface area contributed by atoms with Gasteiger partial charge in [-0.3, -0.25) is 4.79 Å². The van der Waals surface area contributed by atoms with Crippen LogP contribution >= 0.6 is 0 Å². The number of aromatic nitrogens is 2. The lowest BCUT2D eigenvalue weighted by Crippen LogP contribution is -2.46. The minimum absolute atomic E-state index is 0.0206. The Hall–Kier alpha value is -2.70. The number of hydrogen-bond donors (Lipinski definition) is 1. The first-order valence-corrected chi connectivity index (χ1v) is 8.54. The van der Waals surface area contributed by atoms with E-state index in [0.717, 1.165) is 10.9 Å². The van der Waals surface area contributed by atoms with E-state index in [9.17, 15) is 9.59 Å². The highest BCUT2D eigenvalue weighted by molar-refractivity contribution is 6.04. The van der Waals surface area contributed by atoms with Crippen molar-refractivity contribution in [1.82, 2.24) is 20.2 Å². The van der Waals surface area contributed by atoms with Gasteiger partial charge in [0.1, 0.15) is 11.5 Å². The summed E-state index contributed by atoms with van der Waals surface area (Å²) in [6.45, 7) is 5.09. The normalized spacial score (nSPS) is 15.2. The second-order valence-electron chi connectivity index (χ2n) is 6.07. The molecule has 1 N–H and O–H groups in total. The standard InChI is InChI=1S/C18H22N4O3/c1-3-25-18(24)22-10-8-13(9-11-22)21-17(23)16-14-6-4-5-7-15(14)19-12(2)20-16/h4-7,13H,3,8-11H2,1-2H3,(H,21,23). The zero-order chi connectivity index (χ0) is 17.8. The van der Waals surface area contributed by atoms with Crippen LogP contribution in [0.4, 0.5) is 4.79 Å². The van der Waals surface area contributed by atoms with E-state index in [4.69, 9.17) is 4.74 Å². The molecule has 0 saturated carbocycles. The minimum Gasteiger partial charge on any atom is -0.450 e. The number of para-hydroxylation sites is 1. The fourth-order valence-corrected chi connectivity index (χ4v) is 3.04. The van der Waals surface area contributed by atoms with Gasteiger partial charge in [-0.05, 0) is 32.8 Å². The molecule has 0 bridgehead atoms. The van der Waals surface area contributed by atoms with E-state index in [0.29, 0.717) is 44.1 Å². The molecule has 0 aliphatic carbocycles. The van der Waals surface area contributed by atoms with E-state index in [1.54, 1.807) is 18.7 Å². The van der Waals surface area contributed by atoms with Crippen molar-refractivity contribution in [3.8, 4) is 0 Å². The Morgan fingerprint density at radius 3 is 2.68 bits per heavy atom. The molecular weight excluding hydrogens is 320 g/mol. The summed E-state index contributed by atoms with van der Waals surface area (Å²) in [5.74, 6) is 0.372. The van der Waals surface area contributed by atoms with Crippen molar-refractivity contribution in [2.45, 2.75) is 32.7 Å². The molecule has 2 amide bonds. The van der Waals surface area contributed by atoms with E-state index >= 15 is 0 Å². The van der Waals surface area contributed by atoms with Crippen LogP contribution < -0.4 is 5.32 Å². The molecule has 2 heterocycles. The van der Waals surface area contributed by atoms with E-state index in [1.807, 2.05) is 24.3 Å². The van der Waals surface area contributed by atoms with Gasteiger partial charge in [-0.1, -0.05) is 18.2 Å². The number of ether oxygens (including phenoxy) is 1. The molecule has 0 radical (unpaired) electrons. The van der Waals surface area contributed by atoms with Crippen molar-refractivity contribution >= 4 is 22.9 Å². The summed E-state index contributed by atoms with van der Waals surface area (Å²) < 4.78 is 5.01. The molecule has 0 unspecified atom stereocenters. The molecule has 1 aliphatic heterocycles. The van der Waals surface area contributed by atoms with Gasteiger partial charge in [-0.15, -0.1) is 0 Å². The van der Waals surface area contributed by atoms with Crippen LogP contribution in [0, 0.1) is 6.92 Å². The number of rotatable bonds is 3. The van der Waals surface area contributed by atoms with Crippen LogP contribution in [-0.2, 0) is 4.74 Å². The third-order valence-electron chi connectivity index (χ3n) is 4.29. The number of nitrogens with one attached hydrogen (secondary N) is 1. The van der Waals surface area contributed by atoms with Gasteiger partial charge in [-0.25, -0.2) is 14.8 Å². The molecule has 25 heavy (non-hydrogen) atoms. The lowest BCUT2D eigenvalue weighted by molar-refractivity contribution is 0.0857. The average Bonchev–Trinajstić information content (AvgIpc) is 2.61. The summed E-state index contributed by atoms with van der Waals surface area (Å²) >= 11 is 0. The van der Waals surface area contributed by atoms with E-state index in [1.165, 1.54) is 0 Å². The number of aryl methyl sites for hydroxylation is 1. The molecule has 7 nitrogen and oxygen atoms in total. The van der Waals surface area contributed by atoms with Crippen LogP contribution in [0.5, 0.6) is 0 Å². The fraction of sp³-hybridized carbons (Fsp3) is 0.444. The first-order valence-electron chi connectivity index (χ1n) is 8.54. The largest absolute Gasteiger partial charge is 0.450 e. The Bertz CT molecular complexity index is 785. The molecule has 0 spiro atoms. The van der Waals surface area contributed by atoms with Crippen molar-refractivity contribution in [3.63, 3.8) is 0 Å². The molecule has 3 rings (SSSR count). The molecule has 1 aliphatic rings. The second-order valence-corrected chi connectivity index (χ2v) is 6.07. The monoisotopic (exact) mass is 342 g/mol. The van der Waals surface area contributed by atoms with E-state index in [-0.39, 0.29) is 18.0 Å². The summed E-state index contributed by atoms with van der Waals surface area (Å²) in [7, 11) is 0. The van der Waals surface area contributed by atoms with Gasteiger partial charge in [0, 0.05) is 24.5 Å². The Morgan fingerprint density at radius 1 is 1.24 bits per heavy atom. The number of likely N-dealkylation sites (tertiary alicyclic amines) is 1. The maximum absolute atomic E-state index is 12.7. The molecule has 132 valence electrons. The molecule has 1 aromatic heterocycles. The third kappa shape index (κ3) is 3.87. The van der Waals surface area contributed by atoms with Crippen LogP contribution in [0.3, 0.4) is 0 Å². The second kappa shape index (κ2) is 7.46. The molecule has 1 fully saturated rings. The Morgan fingerprint density at radius 2 is 1.96 bits per heavy atom. The van der Waals surface area contributed by atoms with E-state index in [2.05, 4.69) is 15.3 Å². The number of carbonyl (C=O) groups excluding carboxylic acids is 2. The smallest absolute Gasteiger partial charge is 0.409 e. The number of nitrogens with zero attached hydrogens (tertiary/aromatic N) is 3. The summed E-state index contributed by atoms with van der Waals surface area (Å²) in [5.41, 5.74) is 1.16. The number of carbonyl (C=O) groups is 2. The Labute approximate surface area is 146 Å². The van der Waals surface area contributed by atoms with Crippen LogP contribution in [0.2, 0.25) is 0 Å². The Balaban J connectivity index is 1.67. The number of benzene rings is 1. The van der Waals surface area contributed by atoms with Gasteiger partial charge in [-0.2, -0.15) is 0 Å². The number of piperidine rings is 1. The molecule has 1 aromatic carbocycles. The predicted molar refractivity (Wildman–Crippen MR) is 93.4 cm³/mol. The van der Waals surface area contributed by atoms with Gasteiger partial charge < -0.3 is 15.0 Å². The van der Waals surface area contributed by atoms with Crippen molar-refractivity contribution in [2.75, 3.05) is 19.7 Å². The predicted octanol–water partition coefficient (Wildman–Crippen LogP) is 2.29. The average molecular weight is 342 g/mol. The van der Waals surface area contributed by atoms with Crippen molar-refractivity contribution in [1.29, 1.82) is 0 Å². The lowest BCUT2D eigenvalue weighted by atomic mass is 10.0. The summed E-state index contributed by atoms with van der Waals surface area (Å²) in [4.78, 5) is 34.8. The number of fused-ring (bicyclic) bond motifs is 1. The van der Waals surface area contributed by atoms with Gasteiger partial charge in [0.15, 0.2) is 0 Å². The molecule has 1 saturated heterocycles.